The Morgan fingerprint density at radius 2 is 2.05 bits per heavy atom. The predicted octanol–water partition coefficient (Wildman–Crippen LogP) is 4.76. The summed E-state index contributed by atoms with van der Waals surface area (Å²) in [5, 5.41) is 4.06. The number of nitrogens with one attached hydrogen (secondary N) is 1. The van der Waals surface area contributed by atoms with Crippen molar-refractivity contribution in [1.29, 1.82) is 0 Å². The first-order chi connectivity index (χ1) is 9.10. The quantitative estimate of drug-likeness (QED) is 0.795. The molecule has 0 saturated heterocycles. The fourth-order valence-electron chi connectivity index (χ4n) is 1.95. The summed E-state index contributed by atoms with van der Waals surface area (Å²) in [6.45, 7) is 0. The minimum absolute atomic E-state index is 0.211. The number of benzene rings is 1. The van der Waals surface area contributed by atoms with E-state index in [1.165, 1.54) is 11.1 Å². The zero-order valence-electron chi connectivity index (χ0n) is 10.3. The lowest BCUT2D eigenvalue weighted by Gasteiger charge is -2.18. The summed E-state index contributed by atoms with van der Waals surface area (Å²) in [6.07, 6.45) is 4.54. The molecule has 2 nitrogen and oxygen atoms in total. The lowest BCUT2D eigenvalue weighted by Crippen LogP contribution is -2.19. The molecule has 100 valence electrons. The standard InChI is InChI=1S/C14H13Br2ClN2/c1-18-14(5-9-4-10(15)8-19-7-9)12-3-2-11(17)6-13(12)16/h2-4,6-8,14,18H,5H2,1H3. The lowest BCUT2D eigenvalue weighted by molar-refractivity contribution is 0.588. The molecule has 1 atom stereocenters. The second-order valence-corrected chi connectivity index (χ2v) is 6.43. The Morgan fingerprint density at radius 3 is 2.68 bits per heavy atom. The van der Waals surface area contributed by atoms with Crippen molar-refractivity contribution in [2.75, 3.05) is 7.05 Å². The van der Waals surface area contributed by atoms with E-state index < -0.39 is 0 Å². The van der Waals surface area contributed by atoms with Crippen LogP contribution in [0.15, 0.2) is 45.6 Å². The lowest BCUT2D eigenvalue weighted by atomic mass is 10.00. The average molecular weight is 405 g/mol. The van der Waals surface area contributed by atoms with Crippen molar-refractivity contribution in [3.05, 3.63) is 61.8 Å². The molecule has 0 spiro atoms. The Kier molecular flexibility index (Phi) is 5.39. The molecule has 0 fully saturated rings. The molecule has 1 N–H and O–H groups in total. The summed E-state index contributed by atoms with van der Waals surface area (Å²) in [5.41, 5.74) is 2.36. The van der Waals surface area contributed by atoms with Gasteiger partial charge in [0.15, 0.2) is 0 Å². The zero-order valence-corrected chi connectivity index (χ0v) is 14.3. The Hall–Kier alpha value is -0.420. The Morgan fingerprint density at radius 1 is 1.26 bits per heavy atom. The van der Waals surface area contributed by atoms with E-state index in [9.17, 15) is 0 Å². The highest BCUT2D eigenvalue weighted by atomic mass is 79.9. The molecule has 1 unspecified atom stereocenters. The summed E-state index contributed by atoms with van der Waals surface area (Å²) in [6, 6.07) is 8.16. The van der Waals surface area contributed by atoms with Crippen LogP contribution < -0.4 is 5.32 Å². The normalized spacial score (nSPS) is 12.4. The van der Waals surface area contributed by atoms with Gasteiger partial charge in [0.2, 0.25) is 0 Å². The smallest absolute Gasteiger partial charge is 0.0417 e. The molecular formula is C14H13Br2ClN2. The third kappa shape index (κ3) is 4.02. The molecular weight excluding hydrogens is 391 g/mol. The maximum Gasteiger partial charge on any atom is 0.0417 e. The highest BCUT2D eigenvalue weighted by Crippen LogP contribution is 2.28. The molecule has 1 aromatic carbocycles. The number of aromatic nitrogens is 1. The summed E-state index contributed by atoms with van der Waals surface area (Å²) in [7, 11) is 1.96. The van der Waals surface area contributed by atoms with E-state index in [1.54, 1.807) is 6.20 Å². The number of pyridine rings is 1. The molecule has 1 aromatic heterocycles. The highest BCUT2D eigenvalue weighted by molar-refractivity contribution is 9.10. The van der Waals surface area contributed by atoms with Crippen LogP contribution in [0.25, 0.3) is 0 Å². The average Bonchev–Trinajstić information content (AvgIpc) is 2.37. The third-order valence-electron chi connectivity index (χ3n) is 2.89. The van der Waals surface area contributed by atoms with Gasteiger partial charge in [-0.25, -0.2) is 0 Å². The van der Waals surface area contributed by atoms with Crippen LogP contribution in [0.2, 0.25) is 5.02 Å². The highest BCUT2D eigenvalue weighted by Gasteiger charge is 2.14. The van der Waals surface area contributed by atoms with Crippen molar-refractivity contribution < 1.29 is 0 Å². The first-order valence-electron chi connectivity index (χ1n) is 5.82. The van der Waals surface area contributed by atoms with Crippen molar-refractivity contribution in [2.24, 2.45) is 0 Å². The van der Waals surface area contributed by atoms with E-state index in [0.29, 0.717) is 0 Å². The largest absolute Gasteiger partial charge is 0.313 e. The second kappa shape index (κ2) is 6.84. The maximum atomic E-state index is 5.98. The van der Waals surface area contributed by atoms with Gasteiger partial charge in [-0.2, -0.15) is 0 Å². The van der Waals surface area contributed by atoms with E-state index in [-0.39, 0.29) is 6.04 Å². The summed E-state index contributed by atoms with van der Waals surface area (Å²) in [4.78, 5) is 4.19. The van der Waals surface area contributed by atoms with E-state index in [2.05, 4.69) is 48.2 Å². The van der Waals surface area contributed by atoms with Crippen molar-refractivity contribution in [3.8, 4) is 0 Å². The van der Waals surface area contributed by atoms with Gasteiger partial charge in [-0.05, 0) is 58.7 Å². The number of hydrogen-bond acceptors (Lipinski definition) is 2. The number of hydrogen-bond donors (Lipinski definition) is 1. The van der Waals surface area contributed by atoms with Crippen LogP contribution in [-0.2, 0) is 6.42 Å². The van der Waals surface area contributed by atoms with Crippen LogP contribution in [0, 0.1) is 0 Å². The topological polar surface area (TPSA) is 24.9 Å². The van der Waals surface area contributed by atoms with Crippen molar-refractivity contribution >= 4 is 43.5 Å². The molecule has 1 heterocycles. The summed E-state index contributed by atoms with van der Waals surface area (Å²) < 4.78 is 2.01. The van der Waals surface area contributed by atoms with Crippen LogP contribution >= 0.6 is 43.5 Å². The summed E-state index contributed by atoms with van der Waals surface area (Å²) in [5.74, 6) is 0. The fourth-order valence-corrected chi connectivity index (χ4v) is 3.33. The SMILES string of the molecule is CNC(Cc1cncc(Br)c1)c1ccc(Cl)cc1Br. The molecule has 19 heavy (non-hydrogen) atoms. The van der Waals surface area contributed by atoms with Crippen LogP contribution in [0.1, 0.15) is 17.2 Å². The second-order valence-electron chi connectivity index (χ2n) is 4.22. The molecule has 0 bridgehead atoms. The van der Waals surface area contributed by atoms with Gasteiger partial charge in [0.25, 0.3) is 0 Å². The Labute approximate surface area is 134 Å². The van der Waals surface area contributed by atoms with Gasteiger partial charge < -0.3 is 5.32 Å². The zero-order chi connectivity index (χ0) is 13.8. The molecule has 0 aliphatic heterocycles. The first-order valence-corrected chi connectivity index (χ1v) is 7.78. The molecule has 2 aromatic rings. The fraction of sp³-hybridized carbons (Fsp3) is 0.214. The third-order valence-corrected chi connectivity index (χ3v) is 4.24. The molecule has 0 amide bonds. The summed E-state index contributed by atoms with van der Waals surface area (Å²) >= 11 is 13.0. The monoisotopic (exact) mass is 402 g/mol. The predicted molar refractivity (Wildman–Crippen MR) is 86.6 cm³/mol. The van der Waals surface area contributed by atoms with Gasteiger partial charge in [-0.3, -0.25) is 4.98 Å². The van der Waals surface area contributed by atoms with Crippen molar-refractivity contribution in [3.63, 3.8) is 0 Å². The van der Waals surface area contributed by atoms with Gasteiger partial charge in [-0.1, -0.05) is 33.6 Å². The van der Waals surface area contributed by atoms with Crippen LogP contribution in [0.4, 0.5) is 0 Å². The number of rotatable bonds is 4. The van der Waals surface area contributed by atoms with Gasteiger partial charge in [-0.15, -0.1) is 0 Å². The minimum Gasteiger partial charge on any atom is -0.313 e. The van der Waals surface area contributed by atoms with Crippen molar-refractivity contribution in [1.82, 2.24) is 10.3 Å². The van der Waals surface area contributed by atoms with Crippen LogP contribution in [0.5, 0.6) is 0 Å². The van der Waals surface area contributed by atoms with E-state index >= 15 is 0 Å². The molecule has 0 aliphatic carbocycles. The number of nitrogens with zero attached hydrogens (tertiary/aromatic N) is 1. The maximum absolute atomic E-state index is 5.98. The molecule has 0 radical (unpaired) electrons. The van der Waals surface area contributed by atoms with Gasteiger partial charge in [0, 0.05) is 32.4 Å². The molecule has 0 saturated carbocycles. The minimum atomic E-state index is 0.211. The first kappa shape index (κ1) is 15.0. The molecule has 2 rings (SSSR count). The van der Waals surface area contributed by atoms with E-state index in [4.69, 9.17) is 11.6 Å². The van der Waals surface area contributed by atoms with Crippen LogP contribution in [-0.4, -0.2) is 12.0 Å². The molecule has 0 aliphatic rings. The number of likely N-dealkylation sites (N-methyl/N-ethyl adjacent to an activating group) is 1. The van der Waals surface area contributed by atoms with Gasteiger partial charge in [0.05, 0.1) is 0 Å². The number of halogens is 3. The van der Waals surface area contributed by atoms with Crippen LogP contribution in [0.3, 0.4) is 0 Å². The molecule has 5 heteroatoms. The Balaban J connectivity index is 2.25. The van der Waals surface area contributed by atoms with E-state index in [1.807, 2.05) is 31.4 Å². The van der Waals surface area contributed by atoms with Gasteiger partial charge in [0.1, 0.15) is 0 Å². The van der Waals surface area contributed by atoms with Gasteiger partial charge >= 0.3 is 0 Å². The van der Waals surface area contributed by atoms with Crippen molar-refractivity contribution in [2.45, 2.75) is 12.5 Å². The van der Waals surface area contributed by atoms with E-state index in [0.717, 1.165) is 20.4 Å². The Bertz CT molecular complexity index is 575.